The van der Waals surface area contributed by atoms with Crippen molar-refractivity contribution in [1.82, 2.24) is 0 Å². The van der Waals surface area contributed by atoms with Crippen LogP contribution in [0.25, 0.3) is 11.0 Å². The van der Waals surface area contributed by atoms with Gasteiger partial charge in [0.15, 0.2) is 0 Å². The van der Waals surface area contributed by atoms with Gasteiger partial charge in [0, 0.05) is 0 Å². The Morgan fingerprint density at radius 1 is 1.38 bits per heavy atom. The molecule has 0 spiro atoms. The van der Waals surface area contributed by atoms with Crippen LogP contribution in [0.5, 0.6) is 0 Å². The zero-order valence-electron chi connectivity index (χ0n) is 7.66. The van der Waals surface area contributed by atoms with E-state index in [0.29, 0.717) is 20.5 Å². The van der Waals surface area contributed by atoms with Crippen LogP contribution in [0.1, 0.15) is 0 Å². The van der Waals surface area contributed by atoms with E-state index in [1.54, 1.807) is 0 Å². The first-order valence-electron chi connectivity index (χ1n) is 4.10. The predicted molar refractivity (Wildman–Crippen MR) is 63.5 cm³/mol. The van der Waals surface area contributed by atoms with Crippen LogP contribution in [0, 0.1) is 10.2 Å². The first kappa shape index (κ1) is 11.5. The number of hydrogen-bond acceptors (Lipinski definition) is 3. The molecule has 0 amide bonds. The summed E-state index contributed by atoms with van der Waals surface area (Å²) in [5.74, 6) is 0. The molecule has 1 aromatic heterocycles. The molecule has 0 atom stereocenters. The molecule has 0 radical (unpaired) electrons. The van der Waals surface area contributed by atoms with E-state index in [2.05, 4.69) is 0 Å². The number of nitriles is 1. The molecule has 3 nitrogen and oxygen atoms in total. The quantitative estimate of drug-likeness (QED) is 0.755. The molecule has 0 aliphatic carbocycles. The molecule has 80 valence electrons. The molecule has 1 heterocycles. The van der Waals surface area contributed by atoms with Crippen molar-refractivity contribution in [2.45, 2.75) is 0 Å². The van der Waals surface area contributed by atoms with E-state index in [4.69, 9.17) is 32.9 Å². The molecular weight excluding hydrogens is 316 g/mol. The van der Waals surface area contributed by atoms with E-state index in [1.807, 2.05) is 4.97 Å². The van der Waals surface area contributed by atoms with Gasteiger partial charge in [0.2, 0.25) is 0 Å². The molecule has 0 aliphatic rings. The zero-order valence-corrected chi connectivity index (χ0v) is 10.9. The number of nitrogens with zero attached hydrogens (tertiary/aromatic N) is 1. The molecule has 0 aliphatic heterocycles. The van der Waals surface area contributed by atoms with E-state index < -0.39 is 15.0 Å². The van der Waals surface area contributed by atoms with Crippen molar-refractivity contribution in [1.29, 1.82) is 5.26 Å². The molecule has 1 aromatic carbocycles. The first-order valence-corrected chi connectivity index (χ1v) is 6.57. The van der Waals surface area contributed by atoms with E-state index in [1.165, 1.54) is 18.4 Å². The Morgan fingerprint density at radius 2 is 2.12 bits per heavy atom. The number of rotatable bonds is 1. The summed E-state index contributed by atoms with van der Waals surface area (Å²) in [5, 5.41) is 9.54. The third-order valence-electron chi connectivity index (χ3n) is 1.92. The number of hydrogen-bond donors (Lipinski definition) is 0. The summed E-state index contributed by atoms with van der Waals surface area (Å²) in [6.45, 7) is 0. The summed E-state index contributed by atoms with van der Waals surface area (Å²) in [5.41, 5.74) is 0.0563. The van der Waals surface area contributed by atoms with Crippen molar-refractivity contribution in [3.8, 4) is 4.97 Å². The Morgan fingerprint density at radius 3 is 2.81 bits per heavy atom. The predicted octanol–water partition coefficient (Wildman–Crippen LogP) is 1.91. The standard InChI is InChI=1S/C10H3Cl2NO2Se/c11-5-1-6-9(14)8(16-4-13)3-15-10(6)7(12)2-5/h1-3H. The molecule has 0 bridgehead atoms. The van der Waals surface area contributed by atoms with Crippen molar-refractivity contribution in [3.05, 3.63) is 38.7 Å². The normalized spacial score (nSPS) is 10.3. The van der Waals surface area contributed by atoms with Crippen LogP contribution >= 0.6 is 23.2 Å². The summed E-state index contributed by atoms with van der Waals surface area (Å²) in [7, 11) is 0. The average Bonchev–Trinajstić information content (AvgIpc) is 2.23. The Bertz CT molecular complexity index is 660. The van der Waals surface area contributed by atoms with Crippen LogP contribution in [0.15, 0.2) is 27.6 Å². The van der Waals surface area contributed by atoms with Crippen LogP contribution in [0.3, 0.4) is 0 Å². The summed E-state index contributed by atoms with van der Waals surface area (Å²) < 4.78 is 5.60. The fourth-order valence-electron chi connectivity index (χ4n) is 1.27. The third-order valence-corrected chi connectivity index (χ3v) is 3.66. The Balaban J connectivity index is 2.85. The van der Waals surface area contributed by atoms with Crippen molar-refractivity contribution in [2.75, 3.05) is 0 Å². The van der Waals surface area contributed by atoms with Gasteiger partial charge in [-0.3, -0.25) is 0 Å². The fourth-order valence-corrected chi connectivity index (χ4v) is 2.64. The van der Waals surface area contributed by atoms with Gasteiger partial charge < -0.3 is 0 Å². The zero-order chi connectivity index (χ0) is 11.7. The summed E-state index contributed by atoms with van der Waals surface area (Å²) in [6.07, 6.45) is 1.29. The van der Waals surface area contributed by atoms with Gasteiger partial charge in [-0.05, 0) is 0 Å². The van der Waals surface area contributed by atoms with Crippen molar-refractivity contribution >= 4 is 53.6 Å². The maximum atomic E-state index is 11.9. The van der Waals surface area contributed by atoms with Crippen LogP contribution in [-0.2, 0) is 0 Å². The van der Waals surface area contributed by atoms with Gasteiger partial charge in [-0.25, -0.2) is 0 Å². The van der Waals surface area contributed by atoms with Gasteiger partial charge in [-0.15, -0.1) is 0 Å². The van der Waals surface area contributed by atoms with Gasteiger partial charge in [0.1, 0.15) is 0 Å². The van der Waals surface area contributed by atoms with Gasteiger partial charge in [0.25, 0.3) is 0 Å². The van der Waals surface area contributed by atoms with Crippen LogP contribution < -0.4 is 9.89 Å². The van der Waals surface area contributed by atoms with E-state index in [0.717, 1.165) is 0 Å². The Labute approximate surface area is 107 Å². The van der Waals surface area contributed by atoms with Crippen LogP contribution in [0.4, 0.5) is 0 Å². The van der Waals surface area contributed by atoms with E-state index in [-0.39, 0.29) is 10.5 Å². The molecule has 0 fully saturated rings. The number of benzene rings is 1. The second kappa shape index (κ2) is 4.48. The third kappa shape index (κ3) is 1.95. The second-order valence-corrected chi connectivity index (χ2v) is 5.46. The molecular formula is C10H3Cl2NO2Se. The molecule has 0 unspecified atom stereocenters. The summed E-state index contributed by atoms with van der Waals surface area (Å²) in [6, 6.07) is 3.00. The van der Waals surface area contributed by atoms with Crippen LogP contribution in [-0.4, -0.2) is 15.0 Å². The molecule has 2 aromatic rings. The fraction of sp³-hybridized carbons (Fsp3) is 0. The van der Waals surface area contributed by atoms with E-state index in [9.17, 15) is 4.79 Å². The van der Waals surface area contributed by atoms with Gasteiger partial charge >= 0.3 is 107 Å². The van der Waals surface area contributed by atoms with E-state index >= 15 is 0 Å². The van der Waals surface area contributed by atoms with Gasteiger partial charge in [0.05, 0.1) is 0 Å². The minimum absolute atomic E-state index is 0.243. The van der Waals surface area contributed by atoms with Crippen molar-refractivity contribution in [3.63, 3.8) is 0 Å². The molecule has 6 heteroatoms. The molecule has 16 heavy (non-hydrogen) atoms. The topological polar surface area (TPSA) is 54.0 Å². The number of halogens is 2. The van der Waals surface area contributed by atoms with Gasteiger partial charge in [-0.2, -0.15) is 0 Å². The SMILES string of the molecule is N#C[Se]c1coc2c(Cl)cc(Cl)cc2c1=O. The average molecular weight is 319 g/mol. The Kier molecular flexibility index (Phi) is 3.22. The van der Waals surface area contributed by atoms with Crippen molar-refractivity contribution in [2.24, 2.45) is 0 Å². The summed E-state index contributed by atoms with van der Waals surface area (Å²) >= 11 is 11.1. The minimum atomic E-state index is -0.552. The van der Waals surface area contributed by atoms with Crippen molar-refractivity contribution < 1.29 is 4.42 Å². The molecule has 0 saturated carbocycles. The maximum absolute atomic E-state index is 11.9. The molecule has 0 N–H and O–H groups in total. The second-order valence-electron chi connectivity index (χ2n) is 2.89. The van der Waals surface area contributed by atoms with Gasteiger partial charge in [-0.1, -0.05) is 0 Å². The molecule has 2 rings (SSSR count). The number of fused-ring (bicyclic) bond motifs is 1. The first-order chi connectivity index (χ1) is 7.63. The Hall–Kier alpha value is -0.981. The summed E-state index contributed by atoms with van der Waals surface area (Å²) in [4.78, 5) is 13.9. The monoisotopic (exact) mass is 319 g/mol. The molecule has 0 saturated heterocycles. The van der Waals surface area contributed by atoms with Crippen LogP contribution in [0.2, 0.25) is 10.0 Å².